The summed E-state index contributed by atoms with van der Waals surface area (Å²) in [5, 5.41) is 3.17. The van der Waals surface area contributed by atoms with Gasteiger partial charge in [-0.3, -0.25) is 0 Å². The molecule has 0 atom stereocenters. The average molecular weight is 167 g/mol. The Morgan fingerprint density at radius 3 is 2.83 bits per heavy atom. The quantitative estimate of drug-likeness (QED) is 0.682. The molecule has 1 aliphatic heterocycles. The van der Waals surface area contributed by atoms with E-state index in [-0.39, 0.29) is 5.60 Å². The predicted octanol–water partition coefficient (Wildman–Crippen LogP) is 0.161. The Balaban J connectivity index is 2.08. The van der Waals surface area contributed by atoms with Crippen molar-refractivity contribution in [1.29, 1.82) is 0 Å². The van der Waals surface area contributed by atoms with E-state index in [1.807, 2.05) is 17.8 Å². The Morgan fingerprint density at radius 1 is 1.67 bits per heavy atom. The SMILES string of the molecule is Cn1ccnc1OC1(C)CNC1. The van der Waals surface area contributed by atoms with Crippen LogP contribution in [-0.4, -0.2) is 28.2 Å². The molecule has 2 rings (SSSR count). The van der Waals surface area contributed by atoms with Gasteiger partial charge in [-0.05, 0) is 6.92 Å². The highest BCUT2D eigenvalue weighted by Gasteiger charge is 2.34. The first-order valence-electron chi connectivity index (χ1n) is 4.07. The number of aromatic nitrogens is 2. The molecule has 0 aromatic carbocycles. The molecule has 4 nitrogen and oxygen atoms in total. The zero-order chi connectivity index (χ0) is 8.60. The van der Waals surface area contributed by atoms with Crippen molar-refractivity contribution >= 4 is 0 Å². The van der Waals surface area contributed by atoms with Crippen molar-refractivity contribution in [2.45, 2.75) is 12.5 Å². The lowest BCUT2D eigenvalue weighted by Crippen LogP contribution is -2.61. The highest BCUT2D eigenvalue weighted by molar-refractivity contribution is 5.03. The Morgan fingerprint density at radius 2 is 2.42 bits per heavy atom. The van der Waals surface area contributed by atoms with E-state index in [1.165, 1.54) is 0 Å². The highest BCUT2D eigenvalue weighted by Crippen LogP contribution is 2.18. The molecule has 0 amide bonds. The maximum absolute atomic E-state index is 5.70. The van der Waals surface area contributed by atoms with Crippen molar-refractivity contribution in [3.63, 3.8) is 0 Å². The monoisotopic (exact) mass is 167 g/mol. The summed E-state index contributed by atoms with van der Waals surface area (Å²) in [7, 11) is 1.93. The molecule has 1 fully saturated rings. The molecule has 0 saturated carbocycles. The van der Waals surface area contributed by atoms with Crippen molar-refractivity contribution in [1.82, 2.24) is 14.9 Å². The molecule has 1 saturated heterocycles. The molecular weight excluding hydrogens is 154 g/mol. The van der Waals surface area contributed by atoms with Crippen LogP contribution in [0.15, 0.2) is 12.4 Å². The maximum atomic E-state index is 5.70. The summed E-state index contributed by atoms with van der Waals surface area (Å²) < 4.78 is 7.58. The number of rotatable bonds is 2. The number of aryl methyl sites for hydroxylation is 1. The van der Waals surface area contributed by atoms with Gasteiger partial charge in [-0.15, -0.1) is 0 Å². The second-order valence-corrected chi connectivity index (χ2v) is 3.48. The van der Waals surface area contributed by atoms with Gasteiger partial charge in [-0.25, -0.2) is 4.98 Å². The summed E-state index contributed by atoms with van der Waals surface area (Å²) >= 11 is 0. The smallest absolute Gasteiger partial charge is 0.296 e. The third kappa shape index (κ3) is 1.18. The lowest BCUT2D eigenvalue weighted by Gasteiger charge is -2.38. The summed E-state index contributed by atoms with van der Waals surface area (Å²) in [5.41, 5.74) is -0.0564. The lowest BCUT2D eigenvalue weighted by molar-refractivity contribution is 0.0231. The van der Waals surface area contributed by atoms with E-state index in [1.54, 1.807) is 6.20 Å². The summed E-state index contributed by atoms with van der Waals surface area (Å²) in [6, 6.07) is 0.694. The zero-order valence-electron chi connectivity index (χ0n) is 7.37. The molecule has 12 heavy (non-hydrogen) atoms. The fourth-order valence-corrected chi connectivity index (χ4v) is 1.22. The van der Waals surface area contributed by atoms with E-state index < -0.39 is 0 Å². The number of ether oxygens (including phenoxy) is 1. The topological polar surface area (TPSA) is 39.1 Å². The molecule has 0 unspecified atom stereocenters. The third-order valence-electron chi connectivity index (χ3n) is 2.11. The molecule has 1 aromatic rings. The zero-order valence-corrected chi connectivity index (χ0v) is 7.37. The van der Waals surface area contributed by atoms with Crippen LogP contribution in [0.2, 0.25) is 0 Å². The van der Waals surface area contributed by atoms with Crippen LogP contribution in [0, 0.1) is 0 Å². The Hall–Kier alpha value is -1.03. The number of nitrogens with one attached hydrogen (secondary N) is 1. The molecule has 1 aromatic heterocycles. The first-order chi connectivity index (χ1) is 5.70. The maximum Gasteiger partial charge on any atom is 0.296 e. The second-order valence-electron chi connectivity index (χ2n) is 3.48. The van der Waals surface area contributed by atoms with E-state index in [0.29, 0.717) is 6.01 Å². The molecular formula is C8H13N3O. The van der Waals surface area contributed by atoms with Gasteiger partial charge in [0.15, 0.2) is 0 Å². The van der Waals surface area contributed by atoms with Crippen molar-refractivity contribution in [3.05, 3.63) is 12.4 Å². The van der Waals surface area contributed by atoms with Gasteiger partial charge in [0.05, 0.1) is 0 Å². The van der Waals surface area contributed by atoms with Crippen LogP contribution in [0.3, 0.4) is 0 Å². The first kappa shape index (κ1) is 7.61. The largest absolute Gasteiger partial charge is 0.456 e. The normalized spacial score (nSPS) is 20.2. The van der Waals surface area contributed by atoms with Crippen LogP contribution in [0.25, 0.3) is 0 Å². The van der Waals surface area contributed by atoms with E-state index in [4.69, 9.17) is 4.74 Å². The molecule has 0 radical (unpaired) electrons. The summed E-state index contributed by atoms with van der Waals surface area (Å²) in [5.74, 6) is 0. The van der Waals surface area contributed by atoms with Crippen molar-refractivity contribution in [3.8, 4) is 6.01 Å². The Kier molecular flexibility index (Phi) is 1.58. The average Bonchev–Trinajstić information content (AvgIpc) is 2.34. The number of imidazole rings is 1. The Bertz CT molecular complexity index is 278. The number of hydrogen-bond donors (Lipinski definition) is 1. The molecule has 4 heteroatoms. The lowest BCUT2D eigenvalue weighted by atomic mass is 10.0. The van der Waals surface area contributed by atoms with Crippen LogP contribution < -0.4 is 10.1 Å². The molecule has 0 aliphatic carbocycles. The molecule has 1 aliphatic rings. The van der Waals surface area contributed by atoms with Crippen LogP contribution in [0.4, 0.5) is 0 Å². The minimum Gasteiger partial charge on any atom is -0.456 e. The van der Waals surface area contributed by atoms with Gasteiger partial charge in [0.25, 0.3) is 6.01 Å². The second kappa shape index (κ2) is 2.48. The fraction of sp³-hybridized carbons (Fsp3) is 0.625. The van der Waals surface area contributed by atoms with Crippen molar-refractivity contribution in [2.75, 3.05) is 13.1 Å². The van der Waals surface area contributed by atoms with Crippen LogP contribution >= 0.6 is 0 Å². The van der Waals surface area contributed by atoms with Gasteiger partial charge in [-0.2, -0.15) is 0 Å². The standard InChI is InChI=1S/C8H13N3O/c1-8(5-9-6-8)12-7-10-3-4-11(7)2/h3-4,9H,5-6H2,1-2H3. The molecule has 1 N–H and O–H groups in total. The van der Waals surface area contributed by atoms with Gasteiger partial charge in [0, 0.05) is 32.5 Å². The predicted molar refractivity (Wildman–Crippen MR) is 45.1 cm³/mol. The fourth-order valence-electron chi connectivity index (χ4n) is 1.22. The van der Waals surface area contributed by atoms with E-state index >= 15 is 0 Å². The Labute approximate surface area is 71.6 Å². The molecule has 2 heterocycles. The summed E-state index contributed by atoms with van der Waals surface area (Å²) in [4.78, 5) is 4.10. The van der Waals surface area contributed by atoms with Gasteiger partial charge in [0.1, 0.15) is 5.60 Å². The molecule has 66 valence electrons. The minimum atomic E-state index is -0.0564. The van der Waals surface area contributed by atoms with Crippen molar-refractivity contribution in [2.24, 2.45) is 7.05 Å². The summed E-state index contributed by atoms with van der Waals surface area (Å²) in [6.45, 7) is 3.89. The van der Waals surface area contributed by atoms with Crippen LogP contribution in [-0.2, 0) is 7.05 Å². The first-order valence-corrected chi connectivity index (χ1v) is 4.07. The van der Waals surface area contributed by atoms with Gasteiger partial charge >= 0.3 is 0 Å². The van der Waals surface area contributed by atoms with E-state index in [9.17, 15) is 0 Å². The third-order valence-corrected chi connectivity index (χ3v) is 2.11. The van der Waals surface area contributed by atoms with Crippen LogP contribution in [0.5, 0.6) is 6.01 Å². The van der Waals surface area contributed by atoms with E-state index in [0.717, 1.165) is 13.1 Å². The highest BCUT2D eigenvalue weighted by atomic mass is 16.5. The number of nitrogens with zero attached hydrogens (tertiary/aromatic N) is 2. The van der Waals surface area contributed by atoms with Gasteiger partial charge in [-0.1, -0.05) is 0 Å². The van der Waals surface area contributed by atoms with Crippen molar-refractivity contribution < 1.29 is 4.74 Å². The molecule has 0 spiro atoms. The number of hydrogen-bond acceptors (Lipinski definition) is 3. The molecule has 0 bridgehead atoms. The van der Waals surface area contributed by atoms with E-state index in [2.05, 4.69) is 17.2 Å². The van der Waals surface area contributed by atoms with Gasteiger partial charge in [0.2, 0.25) is 0 Å². The van der Waals surface area contributed by atoms with Gasteiger partial charge < -0.3 is 14.6 Å². The summed E-state index contributed by atoms with van der Waals surface area (Å²) in [6.07, 6.45) is 3.62. The minimum absolute atomic E-state index is 0.0564. The van der Waals surface area contributed by atoms with Crippen LogP contribution in [0.1, 0.15) is 6.92 Å².